The second-order valence-corrected chi connectivity index (χ2v) is 7.06. The molecule has 5 rings (SSSR count). The van der Waals surface area contributed by atoms with Crippen LogP contribution >= 0.6 is 0 Å². The number of hydrogen-bond donors (Lipinski definition) is 1. The van der Waals surface area contributed by atoms with Gasteiger partial charge in [-0.1, -0.05) is 60.7 Å². The minimum atomic E-state index is -0.296. The number of carbonyl (C=O) groups is 1. The Bertz CT molecular complexity index is 1140. The molecule has 0 radical (unpaired) electrons. The Morgan fingerprint density at radius 2 is 1.55 bits per heavy atom. The first-order chi connectivity index (χ1) is 14.3. The first-order valence-corrected chi connectivity index (χ1v) is 9.60. The van der Waals surface area contributed by atoms with Crippen molar-refractivity contribution in [2.75, 3.05) is 5.32 Å². The van der Waals surface area contributed by atoms with Gasteiger partial charge in [-0.25, -0.2) is 4.68 Å². The Hall–Kier alpha value is -3.86. The van der Waals surface area contributed by atoms with Crippen LogP contribution in [0.5, 0.6) is 0 Å². The van der Waals surface area contributed by atoms with Crippen molar-refractivity contribution in [3.05, 3.63) is 114 Å². The van der Waals surface area contributed by atoms with E-state index >= 15 is 0 Å². The Kier molecular flexibility index (Phi) is 4.33. The van der Waals surface area contributed by atoms with Gasteiger partial charge < -0.3 is 10.2 Å². The van der Waals surface area contributed by atoms with Crippen LogP contribution in [-0.4, -0.2) is 20.6 Å². The molecule has 5 heteroatoms. The fourth-order valence-corrected chi connectivity index (χ4v) is 3.70. The molecular weight excluding hydrogens is 360 g/mol. The first-order valence-electron chi connectivity index (χ1n) is 9.60. The summed E-state index contributed by atoms with van der Waals surface area (Å²) in [5.74, 6) is 0.0145. The fraction of sp³-hybridized carbons (Fsp3) is 0.0833. The van der Waals surface area contributed by atoms with E-state index in [2.05, 4.69) is 10.4 Å². The van der Waals surface area contributed by atoms with Crippen molar-refractivity contribution in [3.63, 3.8) is 0 Å². The molecule has 0 saturated heterocycles. The molecule has 1 aliphatic rings. The van der Waals surface area contributed by atoms with E-state index in [1.807, 2.05) is 107 Å². The van der Waals surface area contributed by atoms with Gasteiger partial charge in [-0.05, 0) is 29.8 Å². The summed E-state index contributed by atoms with van der Waals surface area (Å²) in [6.45, 7) is 0.516. The van der Waals surface area contributed by atoms with E-state index in [4.69, 9.17) is 0 Å². The van der Waals surface area contributed by atoms with Gasteiger partial charge in [-0.2, -0.15) is 5.10 Å². The average molecular weight is 380 g/mol. The minimum Gasteiger partial charge on any atom is -0.361 e. The quantitative estimate of drug-likeness (QED) is 0.561. The van der Waals surface area contributed by atoms with Gasteiger partial charge in [0.05, 0.1) is 17.4 Å². The van der Waals surface area contributed by atoms with Crippen LogP contribution in [0.1, 0.15) is 27.7 Å². The molecule has 0 saturated carbocycles. The zero-order chi connectivity index (χ0) is 19.6. The Morgan fingerprint density at radius 3 is 2.34 bits per heavy atom. The number of anilines is 1. The molecular formula is C24H20N4O. The molecule has 0 fully saturated rings. The molecule has 4 aromatic rings. The van der Waals surface area contributed by atoms with E-state index in [-0.39, 0.29) is 12.1 Å². The summed E-state index contributed by atoms with van der Waals surface area (Å²) in [7, 11) is 0. The molecule has 3 aromatic carbocycles. The van der Waals surface area contributed by atoms with Crippen LogP contribution in [0.2, 0.25) is 0 Å². The molecule has 1 amide bonds. The maximum Gasteiger partial charge on any atom is 0.258 e. The second kappa shape index (κ2) is 7.28. The van der Waals surface area contributed by atoms with Gasteiger partial charge in [0.2, 0.25) is 0 Å². The van der Waals surface area contributed by atoms with Gasteiger partial charge >= 0.3 is 0 Å². The van der Waals surface area contributed by atoms with Gasteiger partial charge in [-0.3, -0.25) is 4.79 Å². The maximum absolute atomic E-state index is 13.3. The van der Waals surface area contributed by atoms with E-state index in [9.17, 15) is 4.79 Å². The van der Waals surface area contributed by atoms with Crippen molar-refractivity contribution >= 4 is 11.6 Å². The average Bonchev–Trinajstić information content (AvgIpc) is 3.27. The molecule has 0 aliphatic carbocycles. The molecule has 1 N–H and O–H groups in total. The number of fused-ring (bicyclic) bond motifs is 1. The number of amides is 1. The predicted octanol–water partition coefficient (Wildman–Crippen LogP) is 4.64. The predicted molar refractivity (Wildman–Crippen MR) is 113 cm³/mol. The number of benzene rings is 3. The third-order valence-corrected chi connectivity index (χ3v) is 5.16. The lowest BCUT2D eigenvalue weighted by Crippen LogP contribution is -2.42. The van der Waals surface area contributed by atoms with Crippen molar-refractivity contribution in [1.82, 2.24) is 14.7 Å². The summed E-state index contributed by atoms with van der Waals surface area (Å²) in [5.41, 5.74) is 4.54. The van der Waals surface area contributed by atoms with E-state index in [1.165, 1.54) is 0 Å². The highest BCUT2D eigenvalue weighted by Crippen LogP contribution is 2.34. The van der Waals surface area contributed by atoms with E-state index < -0.39 is 0 Å². The zero-order valence-electron chi connectivity index (χ0n) is 15.8. The molecule has 0 unspecified atom stereocenters. The van der Waals surface area contributed by atoms with Crippen molar-refractivity contribution in [2.45, 2.75) is 12.7 Å². The van der Waals surface area contributed by atoms with Crippen molar-refractivity contribution in [2.24, 2.45) is 0 Å². The second-order valence-electron chi connectivity index (χ2n) is 7.06. The highest BCUT2D eigenvalue weighted by atomic mass is 16.2. The van der Waals surface area contributed by atoms with Crippen molar-refractivity contribution < 1.29 is 4.79 Å². The molecule has 1 aliphatic heterocycles. The SMILES string of the molecule is O=C1c2ccccc2N[C@H](c2cnn(-c3ccccc3)c2)N1Cc1ccccc1. The summed E-state index contributed by atoms with van der Waals surface area (Å²) in [5, 5.41) is 8.05. The molecule has 0 spiro atoms. The molecule has 1 atom stereocenters. The van der Waals surface area contributed by atoms with Crippen LogP contribution in [0.3, 0.4) is 0 Å². The summed E-state index contributed by atoms with van der Waals surface area (Å²) in [6.07, 6.45) is 3.51. The lowest BCUT2D eigenvalue weighted by molar-refractivity contribution is 0.0666. The van der Waals surface area contributed by atoms with E-state index in [0.29, 0.717) is 12.1 Å². The summed E-state index contributed by atoms with van der Waals surface area (Å²) < 4.78 is 1.84. The van der Waals surface area contributed by atoms with Crippen LogP contribution < -0.4 is 5.32 Å². The standard InChI is InChI=1S/C24H20N4O/c29-24-21-13-7-8-14-22(21)26-23(27(24)16-18-9-3-1-4-10-18)19-15-25-28(17-19)20-11-5-2-6-12-20/h1-15,17,23,26H,16H2/t23-/m0/s1. The fourth-order valence-electron chi connectivity index (χ4n) is 3.70. The van der Waals surface area contributed by atoms with Gasteiger partial charge in [0.25, 0.3) is 5.91 Å². The molecule has 5 nitrogen and oxygen atoms in total. The van der Waals surface area contributed by atoms with Crippen LogP contribution in [0, 0.1) is 0 Å². The van der Waals surface area contributed by atoms with Crippen LogP contribution in [-0.2, 0) is 6.54 Å². The molecule has 0 bridgehead atoms. The summed E-state index contributed by atoms with van der Waals surface area (Å²) >= 11 is 0. The normalized spacial score (nSPS) is 15.7. The minimum absolute atomic E-state index is 0.0145. The van der Waals surface area contributed by atoms with Crippen molar-refractivity contribution in [1.29, 1.82) is 0 Å². The van der Waals surface area contributed by atoms with E-state index in [0.717, 1.165) is 22.5 Å². The smallest absolute Gasteiger partial charge is 0.258 e. The summed E-state index contributed by atoms with van der Waals surface area (Å²) in [4.78, 5) is 15.2. The Morgan fingerprint density at radius 1 is 0.862 bits per heavy atom. The molecule has 142 valence electrons. The van der Waals surface area contributed by atoms with Gasteiger partial charge in [-0.15, -0.1) is 0 Å². The zero-order valence-corrected chi connectivity index (χ0v) is 15.8. The monoisotopic (exact) mass is 380 g/mol. The molecule has 1 aromatic heterocycles. The van der Waals surface area contributed by atoms with Gasteiger partial charge in [0.1, 0.15) is 6.17 Å². The number of para-hydroxylation sites is 2. The van der Waals surface area contributed by atoms with Crippen LogP contribution in [0.4, 0.5) is 5.69 Å². The Balaban J connectivity index is 1.54. The third kappa shape index (κ3) is 3.27. The van der Waals surface area contributed by atoms with Crippen molar-refractivity contribution in [3.8, 4) is 5.69 Å². The Labute approximate surface area is 169 Å². The first kappa shape index (κ1) is 17.3. The number of carbonyl (C=O) groups excluding carboxylic acids is 1. The summed E-state index contributed by atoms with van der Waals surface area (Å²) in [6, 6.07) is 27.7. The van der Waals surface area contributed by atoms with Gasteiger partial charge in [0, 0.05) is 24.0 Å². The lowest BCUT2D eigenvalue weighted by Gasteiger charge is -2.37. The van der Waals surface area contributed by atoms with Gasteiger partial charge in [0.15, 0.2) is 0 Å². The topological polar surface area (TPSA) is 50.2 Å². The van der Waals surface area contributed by atoms with Crippen LogP contribution in [0.15, 0.2) is 97.3 Å². The highest BCUT2D eigenvalue weighted by Gasteiger charge is 2.33. The number of hydrogen-bond acceptors (Lipinski definition) is 3. The molecule has 29 heavy (non-hydrogen) atoms. The maximum atomic E-state index is 13.3. The largest absolute Gasteiger partial charge is 0.361 e. The highest BCUT2D eigenvalue weighted by molar-refractivity contribution is 6.01. The number of rotatable bonds is 4. The van der Waals surface area contributed by atoms with E-state index in [1.54, 1.807) is 0 Å². The number of nitrogens with one attached hydrogen (secondary N) is 1. The lowest BCUT2D eigenvalue weighted by atomic mass is 10.0. The molecule has 2 heterocycles. The van der Waals surface area contributed by atoms with Crippen LogP contribution in [0.25, 0.3) is 5.69 Å². The third-order valence-electron chi connectivity index (χ3n) is 5.16. The number of nitrogens with zero attached hydrogens (tertiary/aromatic N) is 3. The number of aromatic nitrogens is 2.